The Morgan fingerprint density at radius 1 is 1.00 bits per heavy atom. The average molecular weight is 631 g/mol. The predicted molar refractivity (Wildman–Crippen MR) is 169 cm³/mol. The van der Waals surface area contributed by atoms with E-state index < -0.39 is 22.1 Å². The summed E-state index contributed by atoms with van der Waals surface area (Å²) in [5.74, 6) is -0.891. The summed E-state index contributed by atoms with van der Waals surface area (Å²) >= 11 is 13.1. The Morgan fingerprint density at radius 2 is 1.71 bits per heavy atom. The largest absolute Gasteiger partial charge is 0.326 e. The lowest BCUT2D eigenvalue weighted by molar-refractivity contribution is -0.138. The van der Waals surface area contributed by atoms with Crippen LogP contribution in [0.1, 0.15) is 71.6 Å². The number of nitrogens with zero attached hydrogens (tertiary/aromatic N) is 1. The Morgan fingerprint density at radius 3 is 2.45 bits per heavy atom. The van der Waals surface area contributed by atoms with Gasteiger partial charge in [0.25, 0.3) is 11.8 Å². The number of hydrogen-bond acceptors (Lipinski definition) is 4. The number of carbonyl (C=O) groups is 2. The minimum absolute atomic E-state index is 0.183. The molecular weight excluding hydrogens is 593 g/mol. The van der Waals surface area contributed by atoms with Crippen LogP contribution in [0.2, 0.25) is 10.0 Å². The third-order valence-corrected chi connectivity index (χ3v) is 11.0. The number of fused-ring (bicyclic) bond motifs is 1. The lowest BCUT2D eigenvalue weighted by Gasteiger charge is -2.50. The molecule has 3 aromatic rings. The number of thiol groups is 1. The van der Waals surface area contributed by atoms with Gasteiger partial charge in [-0.1, -0.05) is 108 Å². The topological polar surface area (TPSA) is 87.7 Å². The molecule has 1 fully saturated rings. The van der Waals surface area contributed by atoms with Gasteiger partial charge in [0.2, 0.25) is 0 Å². The van der Waals surface area contributed by atoms with Crippen LogP contribution in [-0.2, 0) is 26.4 Å². The Kier molecular flexibility index (Phi) is 9.70. The number of amides is 2. The van der Waals surface area contributed by atoms with Gasteiger partial charge in [0, 0.05) is 39.7 Å². The summed E-state index contributed by atoms with van der Waals surface area (Å²) in [5.41, 5.74) is 5.25. The van der Waals surface area contributed by atoms with E-state index >= 15 is 0 Å². The first-order valence-corrected chi connectivity index (χ1v) is 17.5. The molecule has 42 heavy (non-hydrogen) atoms. The molecule has 7 nitrogen and oxygen atoms in total. The van der Waals surface area contributed by atoms with E-state index in [1.54, 1.807) is 36.6 Å². The Labute approximate surface area is 258 Å². The highest BCUT2D eigenvalue weighted by Gasteiger charge is 2.49. The third-order valence-electron chi connectivity index (χ3n) is 8.32. The van der Waals surface area contributed by atoms with Crippen LogP contribution in [0.25, 0.3) is 0 Å². The van der Waals surface area contributed by atoms with Crippen molar-refractivity contribution in [3.63, 3.8) is 0 Å². The van der Waals surface area contributed by atoms with Crippen LogP contribution in [0.15, 0.2) is 72.8 Å². The molecule has 0 saturated heterocycles. The molecule has 1 heterocycles. The number of carbonyl (C=O) groups excluding carboxylic acids is 2. The van der Waals surface area contributed by atoms with E-state index in [2.05, 4.69) is 10.2 Å². The normalized spacial score (nSPS) is 22.9. The molecule has 5 rings (SSSR count). The van der Waals surface area contributed by atoms with Crippen molar-refractivity contribution in [2.45, 2.75) is 63.3 Å². The summed E-state index contributed by atoms with van der Waals surface area (Å²) in [6.45, 7) is 2.09. The molecule has 10 heteroatoms. The summed E-state index contributed by atoms with van der Waals surface area (Å²) in [6, 6.07) is 20.7. The molecule has 2 amide bonds. The highest BCUT2D eigenvalue weighted by atomic mass is 35.5. The number of hydroxylamine groups is 1. The van der Waals surface area contributed by atoms with E-state index in [0.717, 1.165) is 24.8 Å². The van der Waals surface area contributed by atoms with Gasteiger partial charge in [-0.3, -0.25) is 23.4 Å². The molecule has 1 aliphatic carbocycles. The van der Waals surface area contributed by atoms with Crippen molar-refractivity contribution in [1.29, 1.82) is 0 Å². The maximum absolute atomic E-state index is 14.4. The summed E-state index contributed by atoms with van der Waals surface area (Å²) in [5, 5.41) is 0.819. The van der Waals surface area contributed by atoms with Gasteiger partial charge in [0.1, 0.15) is 0 Å². The Hall–Kier alpha value is -2.75. The van der Waals surface area contributed by atoms with E-state index in [0.29, 0.717) is 38.9 Å². The Bertz CT molecular complexity index is 1490. The van der Waals surface area contributed by atoms with E-state index in [1.807, 2.05) is 54.3 Å². The fraction of sp³-hybridized carbons (Fsp3) is 0.375. The van der Waals surface area contributed by atoms with Crippen LogP contribution in [0, 0.1) is 0 Å². The van der Waals surface area contributed by atoms with Crippen LogP contribution in [0.4, 0.5) is 0 Å². The second-order valence-electron chi connectivity index (χ2n) is 11.1. The van der Waals surface area contributed by atoms with E-state index in [1.165, 1.54) is 0 Å². The third kappa shape index (κ3) is 6.58. The first-order valence-electron chi connectivity index (χ1n) is 14.4. The van der Waals surface area contributed by atoms with Crippen molar-refractivity contribution in [3.8, 4) is 0 Å². The van der Waals surface area contributed by atoms with Crippen LogP contribution >= 0.6 is 23.2 Å². The number of nitrogens with one attached hydrogen (secondary N) is 2. The van der Waals surface area contributed by atoms with Gasteiger partial charge in [0.05, 0.1) is 18.6 Å². The molecule has 0 aromatic heterocycles. The van der Waals surface area contributed by atoms with E-state index in [4.69, 9.17) is 28.0 Å². The van der Waals surface area contributed by atoms with Gasteiger partial charge in [-0.25, -0.2) is 5.48 Å². The summed E-state index contributed by atoms with van der Waals surface area (Å²) in [6.07, 6.45) is 5.09. The van der Waals surface area contributed by atoms with Crippen LogP contribution in [-0.4, -0.2) is 45.0 Å². The Balaban J connectivity index is 1.59. The second-order valence-corrected chi connectivity index (χ2v) is 15.1. The van der Waals surface area contributed by atoms with Gasteiger partial charge in [-0.15, -0.1) is 0 Å². The molecule has 1 unspecified atom stereocenters. The molecule has 4 atom stereocenters. The summed E-state index contributed by atoms with van der Waals surface area (Å²) in [4.78, 5) is 36.0. The monoisotopic (exact) mass is 629 g/mol. The number of benzene rings is 3. The lowest BCUT2D eigenvalue weighted by atomic mass is 9.76. The smallest absolute Gasteiger partial charge is 0.255 e. The quantitative estimate of drug-likeness (QED) is 0.200. The van der Waals surface area contributed by atoms with Crippen molar-refractivity contribution < 1.29 is 18.6 Å². The zero-order valence-corrected chi connectivity index (χ0v) is 26.2. The molecule has 2 aliphatic rings. The highest BCUT2D eigenvalue weighted by molar-refractivity contribution is 8.00. The van der Waals surface area contributed by atoms with E-state index in [-0.39, 0.29) is 30.5 Å². The summed E-state index contributed by atoms with van der Waals surface area (Å²) in [7, 11) is -2.63. The lowest BCUT2D eigenvalue weighted by Crippen LogP contribution is -2.60. The maximum atomic E-state index is 14.4. The van der Waals surface area contributed by atoms with Crippen LogP contribution < -0.4 is 10.2 Å². The van der Waals surface area contributed by atoms with Crippen LogP contribution in [0.3, 0.4) is 0 Å². The first kappa shape index (κ1) is 30.7. The second kappa shape index (κ2) is 13.3. The van der Waals surface area contributed by atoms with Gasteiger partial charge in [0.15, 0.2) is 0 Å². The fourth-order valence-electron chi connectivity index (χ4n) is 6.14. The predicted octanol–water partition coefficient (Wildman–Crippen LogP) is 6.00. The highest BCUT2D eigenvalue weighted by Crippen LogP contribution is 2.48. The van der Waals surface area contributed by atoms with Crippen molar-refractivity contribution in [2.75, 3.05) is 12.0 Å². The van der Waals surface area contributed by atoms with E-state index in [9.17, 15) is 13.8 Å². The van der Waals surface area contributed by atoms with Gasteiger partial charge < -0.3 is 4.90 Å². The van der Waals surface area contributed by atoms with Crippen LogP contribution in [0.5, 0.6) is 0 Å². The van der Waals surface area contributed by atoms with Gasteiger partial charge in [-0.2, -0.15) is 0 Å². The molecular formula is C32H37Cl2N3O4S. The number of hydrogen-bond donors (Lipinski definition) is 3. The van der Waals surface area contributed by atoms with Crippen molar-refractivity contribution >= 4 is 45.1 Å². The van der Waals surface area contributed by atoms with Gasteiger partial charge >= 0.3 is 0 Å². The molecule has 0 radical (unpaired) electrons. The molecule has 0 spiro atoms. The molecule has 3 aromatic carbocycles. The van der Waals surface area contributed by atoms with Gasteiger partial charge in [-0.05, 0) is 47.7 Å². The average Bonchev–Trinajstić information content (AvgIpc) is 2.98. The molecule has 2 N–H and O–H groups in total. The standard InChI is InChI=1S/C32H37Cl2N3O4S/c1-3-42(2,40)36-27-15-9-10-16-28(27)37-30(25-18-17-22(33)19-26(25)34)29(23-13-7-8-14-24(23)32(37)39)31(38)35-41-20-21-11-5-4-6-12-21/h4-8,11-14,17-19,27-30,42H,3,9-10,15-16,20H2,1-2H3,(H,35,38)(H,36,40)/t27-,28?,29+,30-/m0/s1. The summed E-state index contributed by atoms with van der Waals surface area (Å²) < 4.78 is 16.7. The SMILES string of the molecule is CC[SH](C)(=O)N[C@H]1CCCCC1N1C(=O)c2ccccc2[C@@H](C(=O)NOCc2ccccc2)[C@@H]1c1ccc(Cl)cc1Cl. The number of halogens is 2. The minimum atomic E-state index is -2.63. The maximum Gasteiger partial charge on any atom is 0.255 e. The zero-order valence-electron chi connectivity index (χ0n) is 23.8. The molecule has 1 saturated carbocycles. The van der Waals surface area contributed by atoms with Crippen molar-refractivity contribution in [2.24, 2.45) is 0 Å². The first-order chi connectivity index (χ1) is 20.2. The van der Waals surface area contributed by atoms with Crippen molar-refractivity contribution in [3.05, 3.63) is 105 Å². The fourth-order valence-corrected chi connectivity index (χ4v) is 7.84. The molecule has 1 aliphatic heterocycles. The van der Waals surface area contributed by atoms with Crippen molar-refractivity contribution in [1.82, 2.24) is 15.1 Å². The minimum Gasteiger partial charge on any atom is -0.326 e. The number of rotatable bonds is 9. The molecule has 0 bridgehead atoms. The molecule has 224 valence electrons. The zero-order chi connectivity index (χ0) is 29.9.